The molecule has 1 N–H and O–H groups in total. The maximum absolute atomic E-state index is 13.1. The van der Waals surface area contributed by atoms with Gasteiger partial charge in [-0.2, -0.15) is 0 Å². The van der Waals surface area contributed by atoms with E-state index in [1.807, 2.05) is 17.6 Å². The zero-order chi connectivity index (χ0) is 18.7. The normalized spacial score (nSPS) is 22.2. The summed E-state index contributed by atoms with van der Waals surface area (Å²) < 4.78 is 5.61. The maximum atomic E-state index is 13.1. The van der Waals surface area contributed by atoms with Crippen LogP contribution < -0.4 is 5.32 Å². The molecular formula is C20H26N4O2S. The van der Waals surface area contributed by atoms with Gasteiger partial charge in [0.05, 0.1) is 17.1 Å². The molecule has 0 radical (unpaired) electrons. The first-order valence-corrected chi connectivity index (χ1v) is 10.4. The monoisotopic (exact) mass is 386 g/mol. The molecule has 2 saturated heterocycles. The topological polar surface area (TPSA) is 67.4 Å². The lowest BCUT2D eigenvalue weighted by Gasteiger charge is -2.37. The van der Waals surface area contributed by atoms with Crippen LogP contribution in [0.25, 0.3) is 0 Å². The van der Waals surface area contributed by atoms with E-state index < -0.39 is 0 Å². The van der Waals surface area contributed by atoms with Crippen molar-refractivity contribution in [3.8, 4) is 0 Å². The summed E-state index contributed by atoms with van der Waals surface area (Å²) in [5.74, 6) is 0.175. The van der Waals surface area contributed by atoms with E-state index in [2.05, 4.69) is 27.1 Å². The smallest absolute Gasteiger partial charge is 0.225 e. The van der Waals surface area contributed by atoms with E-state index in [1.165, 1.54) is 4.88 Å². The molecule has 4 heterocycles. The molecular weight excluding hydrogens is 360 g/mol. The Kier molecular flexibility index (Phi) is 5.52. The molecule has 27 heavy (non-hydrogen) atoms. The van der Waals surface area contributed by atoms with E-state index in [0.717, 1.165) is 56.9 Å². The summed E-state index contributed by atoms with van der Waals surface area (Å²) >= 11 is 1.70. The van der Waals surface area contributed by atoms with Crippen molar-refractivity contribution in [2.75, 3.05) is 26.3 Å². The number of nitrogens with one attached hydrogen (secondary N) is 1. The van der Waals surface area contributed by atoms with Gasteiger partial charge in [0.2, 0.25) is 5.91 Å². The second-order valence-corrected chi connectivity index (χ2v) is 8.57. The number of rotatable bonds is 5. The lowest BCUT2D eigenvalue weighted by atomic mass is 9.71. The molecule has 2 aliphatic heterocycles. The van der Waals surface area contributed by atoms with Gasteiger partial charge in [0, 0.05) is 62.1 Å². The van der Waals surface area contributed by atoms with Crippen LogP contribution in [0.1, 0.15) is 29.0 Å². The SMILES string of the molecule is Cc1ncsc1CN1CC(C(=O)NCc2ccncc2)C2(CCOCC2)C1. The Bertz CT molecular complexity index is 773. The molecule has 1 amide bonds. The summed E-state index contributed by atoms with van der Waals surface area (Å²) in [5, 5.41) is 3.16. The molecule has 1 spiro atoms. The molecule has 2 fully saturated rings. The second kappa shape index (κ2) is 8.04. The minimum atomic E-state index is 0.0106. The Morgan fingerprint density at radius 3 is 2.85 bits per heavy atom. The number of hydrogen-bond donors (Lipinski definition) is 1. The average Bonchev–Trinajstić information content (AvgIpc) is 3.25. The van der Waals surface area contributed by atoms with Gasteiger partial charge in [-0.3, -0.25) is 14.7 Å². The standard InChI is InChI=1S/C20H26N4O2S/c1-15-18(27-14-23-15)12-24-11-17(20(13-24)4-8-26-9-5-20)19(25)22-10-16-2-6-21-7-3-16/h2-3,6-7,14,17H,4-5,8-13H2,1H3,(H,22,25). The highest BCUT2D eigenvalue weighted by atomic mass is 32.1. The van der Waals surface area contributed by atoms with Crippen molar-refractivity contribution < 1.29 is 9.53 Å². The van der Waals surface area contributed by atoms with E-state index in [-0.39, 0.29) is 17.2 Å². The lowest BCUT2D eigenvalue weighted by molar-refractivity contribution is -0.130. The van der Waals surface area contributed by atoms with Gasteiger partial charge >= 0.3 is 0 Å². The Morgan fingerprint density at radius 2 is 2.15 bits per heavy atom. The van der Waals surface area contributed by atoms with Gasteiger partial charge in [-0.05, 0) is 37.5 Å². The first-order chi connectivity index (χ1) is 13.2. The summed E-state index contributed by atoms with van der Waals surface area (Å²) in [6.07, 6.45) is 5.43. The molecule has 1 unspecified atom stereocenters. The first kappa shape index (κ1) is 18.5. The molecule has 0 aromatic carbocycles. The lowest BCUT2D eigenvalue weighted by Crippen LogP contribution is -2.44. The van der Waals surface area contributed by atoms with Crippen molar-refractivity contribution in [2.24, 2.45) is 11.3 Å². The Morgan fingerprint density at radius 1 is 1.37 bits per heavy atom. The summed E-state index contributed by atoms with van der Waals surface area (Å²) in [5.41, 5.74) is 4.12. The van der Waals surface area contributed by atoms with Crippen molar-refractivity contribution >= 4 is 17.2 Å². The molecule has 7 heteroatoms. The van der Waals surface area contributed by atoms with E-state index >= 15 is 0 Å². The molecule has 1 atom stereocenters. The Balaban J connectivity index is 1.46. The Hall–Kier alpha value is -1.83. The number of pyridine rings is 1. The van der Waals surface area contributed by atoms with E-state index in [1.54, 1.807) is 23.7 Å². The van der Waals surface area contributed by atoms with Crippen molar-refractivity contribution in [3.63, 3.8) is 0 Å². The number of aryl methyl sites for hydroxylation is 1. The number of nitrogens with zero attached hydrogens (tertiary/aromatic N) is 3. The summed E-state index contributed by atoms with van der Waals surface area (Å²) in [6.45, 7) is 6.76. The number of thiazole rings is 1. The maximum Gasteiger partial charge on any atom is 0.225 e. The van der Waals surface area contributed by atoms with Gasteiger partial charge in [0.25, 0.3) is 0 Å². The molecule has 4 rings (SSSR count). The van der Waals surface area contributed by atoms with Crippen LogP contribution in [0.4, 0.5) is 0 Å². The van der Waals surface area contributed by atoms with Crippen LogP contribution in [0.5, 0.6) is 0 Å². The molecule has 144 valence electrons. The molecule has 2 aliphatic rings. The van der Waals surface area contributed by atoms with Crippen molar-refractivity contribution in [1.82, 2.24) is 20.2 Å². The van der Waals surface area contributed by atoms with Crippen LogP contribution in [-0.2, 0) is 22.6 Å². The van der Waals surface area contributed by atoms with Gasteiger partial charge in [0.15, 0.2) is 0 Å². The average molecular weight is 387 g/mol. The van der Waals surface area contributed by atoms with Crippen molar-refractivity contribution in [3.05, 3.63) is 46.2 Å². The largest absolute Gasteiger partial charge is 0.381 e. The fraction of sp³-hybridized carbons (Fsp3) is 0.550. The molecule has 2 aromatic heterocycles. The van der Waals surface area contributed by atoms with Gasteiger partial charge in [-0.25, -0.2) is 4.98 Å². The van der Waals surface area contributed by atoms with Crippen LogP contribution in [0.3, 0.4) is 0 Å². The van der Waals surface area contributed by atoms with Gasteiger partial charge in [-0.15, -0.1) is 11.3 Å². The fourth-order valence-corrected chi connectivity index (χ4v) is 5.15. The highest BCUT2D eigenvalue weighted by molar-refractivity contribution is 7.09. The quantitative estimate of drug-likeness (QED) is 0.855. The van der Waals surface area contributed by atoms with Crippen molar-refractivity contribution in [1.29, 1.82) is 0 Å². The fourth-order valence-electron chi connectivity index (χ4n) is 4.33. The number of amides is 1. The third kappa shape index (κ3) is 4.05. The highest BCUT2D eigenvalue weighted by Gasteiger charge is 2.50. The summed E-state index contributed by atoms with van der Waals surface area (Å²) in [4.78, 5) is 25.2. The van der Waals surface area contributed by atoms with Crippen LogP contribution in [0.15, 0.2) is 30.0 Å². The number of aromatic nitrogens is 2. The molecule has 6 nitrogen and oxygen atoms in total. The molecule has 0 bridgehead atoms. The summed E-state index contributed by atoms with van der Waals surface area (Å²) in [6, 6.07) is 3.88. The van der Waals surface area contributed by atoms with E-state index in [4.69, 9.17) is 4.74 Å². The number of carbonyl (C=O) groups is 1. The van der Waals surface area contributed by atoms with Gasteiger partial charge in [-0.1, -0.05) is 0 Å². The van der Waals surface area contributed by atoms with Gasteiger partial charge in [0.1, 0.15) is 0 Å². The van der Waals surface area contributed by atoms with Crippen LogP contribution >= 0.6 is 11.3 Å². The van der Waals surface area contributed by atoms with E-state index in [0.29, 0.717) is 6.54 Å². The first-order valence-electron chi connectivity index (χ1n) is 9.52. The predicted molar refractivity (Wildman–Crippen MR) is 104 cm³/mol. The van der Waals surface area contributed by atoms with Crippen LogP contribution in [0.2, 0.25) is 0 Å². The Labute approximate surface area is 164 Å². The van der Waals surface area contributed by atoms with E-state index in [9.17, 15) is 4.79 Å². The number of hydrogen-bond acceptors (Lipinski definition) is 6. The number of likely N-dealkylation sites (tertiary alicyclic amines) is 1. The summed E-state index contributed by atoms with van der Waals surface area (Å²) in [7, 11) is 0. The second-order valence-electron chi connectivity index (χ2n) is 7.63. The number of carbonyl (C=O) groups excluding carboxylic acids is 1. The minimum Gasteiger partial charge on any atom is -0.381 e. The third-order valence-electron chi connectivity index (χ3n) is 5.95. The zero-order valence-corrected chi connectivity index (χ0v) is 16.5. The number of ether oxygens (including phenoxy) is 1. The molecule has 0 aliphatic carbocycles. The van der Waals surface area contributed by atoms with Crippen molar-refractivity contribution in [2.45, 2.75) is 32.9 Å². The highest BCUT2D eigenvalue weighted by Crippen LogP contribution is 2.45. The zero-order valence-electron chi connectivity index (χ0n) is 15.7. The van der Waals surface area contributed by atoms with Crippen LogP contribution in [-0.4, -0.2) is 47.1 Å². The third-order valence-corrected chi connectivity index (χ3v) is 6.87. The predicted octanol–water partition coefficient (Wildman–Crippen LogP) is 2.39. The van der Waals surface area contributed by atoms with Gasteiger partial charge < -0.3 is 10.1 Å². The minimum absolute atomic E-state index is 0.0106. The molecule has 0 saturated carbocycles. The molecule has 2 aromatic rings. The van der Waals surface area contributed by atoms with Crippen LogP contribution in [0, 0.1) is 18.3 Å².